The van der Waals surface area contributed by atoms with Crippen LogP contribution in [0.5, 0.6) is 0 Å². The lowest BCUT2D eigenvalue weighted by molar-refractivity contribution is -0.137. The second-order valence-electron chi connectivity index (χ2n) is 6.73. The van der Waals surface area contributed by atoms with Crippen LogP contribution >= 0.6 is 0 Å². The number of nitrogens with zero attached hydrogens (tertiary/aromatic N) is 2. The molecule has 1 aliphatic rings. The standard InChI is InChI=1S/C14H26N2O3/c1-14(2,3)10-15(4)13(19)16-8-7-11(9-16)5-6-12(17)18/h11H,5-10H2,1-4H3,(H,17,18). The Labute approximate surface area is 115 Å². The van der Waals surface area contributed by atoms with E-state index in [4.69, 9.17) is 5.11 Å². The van der Waals surface area contributed by atoms with Crippen LogP contribution in [0, 0.1) is 11.3 Å². The van der Waals surface area contributed by atoms with E-state index in [-0.39, 0.29) is 17.9 Å². The number of hydrogen-bond donors (Lipinski definition) is 1. The highest BCUT2D eigenvalue weighted by Gasteiger charge is 2.29. The highest BCUT2D eigenvalue weighted by atomic mass is 16.4. The van der Waals surface area contributed by atoms with E-state index in [2.05, 4.69) is 20.8 Å². The molecule has 1 unspecified atom stereocenters. The Morgan fingerprint density at radius 2 is 2.00 bits per heavy atom. The van der Waals surface area contributed by atoms with Gasteiger partial charge in [0.15, 0.2) is 0 Å². The predicted molar refractivity (Wildman–Crippen MR) is 74.0 cm³/mol. The molecule has 110 valence electrons. The first kappa shape index (κ1) is 15.8. The Hall–Kier alpha value is -1.26. The van der Waals surface area contributed by atoms with Crippen LogP contribution in [0.3, 0.4) is 0 Å². The van der Waals surface area contributed by atoms with Gasteiger partial charge in [-0.3, -0.25) is 4.79 Å². The van der Waals surface area contributed by atoms with Crippen molar-refractivity contribution in [1.29, 1.82) is 0 Å². The molecule has 0 bridgehead atoms. The molecular formula is C14H26N2O3. The Kier molecular flexibility index (Phi) is 5.20. The number of carbonyl (C=O) groups is 2. The fraction of sp³-hybridized carbons (Fsp3) is 0.857. The van der Waals surface area contributed by atoms with Gasteiger partial charge in [0.1, 0.15) is 0 Å². The first-order valence-corrected chi connectivity index (χ1v) is 6.91. The summed E-state index contributed by atoms with van der Waals surface area (Å²) >= 11 is 0. The second-order valence-corrected chi connectivity index (χ2v) is 6.73. The minimum absolute atomic E-state index is 0.0627. The second kappa shape index (κ2) is 6.26. The molecule has 0 spiro atoms. The van der Waals surface area contributed by atoms with Crippen molar-refractivity contribution in [3.8, 4) is 0 Å². The van der Waals surface area contributed by atoms with Crippen LogP contribution < -0.4 is 0 Å². The summed E-state index contributed by atoms with van der Waals surface area (Å²) < 4.78 is 0. The monoisotopic (exact) mass is 270 g/mol. The maximum Gasteiger partial charge on any atom is 0.319 e. The number of urea groups is 1. The Morgan fingerprint density at radius 3 is 2.53 bits per heavy atom. The molecule has 19 heavy (non-hydrogen) atoms. The molecule has 5 heteroatoms. The van der Waals surface area contributed by atoms with Crippen LogP contribution in [-0.4, -0.2) is 53.6 Å². The first-order valence-electron chi connectivity index (χ1n) is 6.91. The molecule has 1 aliphatic heterocycles. The molecule has 2 amide bonds. The summed E-state index contributed by atoms with van der Waals surface area (Å²) in [6.07, 6.45) is 1.79. The fourth-order valence-electron chi connectivity index (χ4n) is 2.59. The van der Waals surface area contributed by atoms with Crippen molar-refractivity contribution in [3.63, 3.8) is 0 Å². The number of aliphatic carboxylic acids is 1. The number of likely N-dealkylation sites (tertiary alicyclic amines) is 1. The van der Waals surface area contributed by atoms with E-state index in [9.17, 15) is 9.59 Å². The molecule has 0 aliphatic carbocycles. The van der Waals surface area contributed by atoms with E-state index >= 15 is 0 Å². The highest BCUT2D eigenvalue weighted by molar-refractivity contribution is 5.74. The van der Waals surface area contributed by atoms with Crippen molar-refractivity contribution in [2.45, 2.75) is 40.0 Å². The topological polar surface area (TPSA) is 60.9 Å². The van der Waals surface area contributed by atoms with Gasteiger partial charge in [-0.25, -0.2) is 4.79 Å². The average molecular weight is 270 g/mol. The van der Waals surface area contributed by atoms with E-state index in [0.717, 1.165) is 19.5 Å². The average Bonchev–Trinajstić information content (AvgIpc) is 2.71. The van der Waals surface area contributed by atoms with Gasteiger partial charge >= 0.3 is 12.0 Å². The molecule has 1 rings (SSSR count). The number of amides is 2. The van der Waals surface area contributed by atoms with Gasteiger partial charge in [-0.2, -0.15) is 0 Å². The molecule has 0 saturated carbocycles. The smallest absolute Gasteiger partial charge is 0.319 e. The van der Waals surface area contributed by atoms with Crippen molar-refractivity contribution in [2.24, 2.45) is 11.3 Å². The molecule has 1 fully saturated rings. The summed E-state index contributed by atoms with van der Waals surface area (Å²) in [7, 11) is 1.83. The quantitative estimate of drug-likeness (QED) is 0.852. The first-order chi connectivity index (χ1) is 8.69. The van der Waals surface area contributed by atoms with Crippen molar-refractivity contribution in [1.82, 2.24) is 9.80 Å². The van der Waals surface area contributed by atoms with Crippen LogP contribution in [0.15, 0.2) is 0 Å². The van der Waals surface area contributed by atoms with E-state index in [1.54, 1.807) is 4.90 Å². The number of hydrogen-bond acceptors (Lipinski definition) is 2. The van der Waals surface area contributed by atoms with Crippen molar-refractivity contribution >= 4 is 12.0 Å². The third-order valence-electron chi connectivity index (χ3n) is 3.36. The molecule has 0 aromatic rings. The van der Waals surface area contributed by atoms with Crippen LogP contribution in [0.25, 0.3) is 0 Å². The fourth-order valence-corrected chi connectivity index (χ4v) is 2.59. The third kappa shape index (κ3) is 5.49. The van der Waals surface area contributed by atoms with Crippen LogP contribution in [0.1, 0.15) is 40.0 Å². The van der Waals surface area contributed by atoms with E-state index < -0.39 is 5.97 Å². The van der Waals surface area contributed by atoms with Gasteiger partial charge in [0.05, 0.1) is 0 Å². The summed E-state index contributed by atoms with van der Waals surface area (Å²) in [4.78, 5) is 26.4. The normalized spacial score (nSPS) is 19.6. The minimum atomic E-state index is -0.755. The van der Waals surface area contributed by atoms with Gasteiger partial charge in [-0.05, 0) is 24.2 Å². The lowest BCUT2D eigenvalue weighted by atomic mass is 9.96. The van der Waals surface area contributed by atoms with Crippen molar-refractivity contribution < 1.29 is 14.7 Å². The summed E-state index contributed by atoms with van der Waals surface area (Å²) in [5.74, 6) is -0.419. The molecule has 1 N–H and O–H groups in total. The van der Waals surface area contributed by atoms with Gasteiger partial charge in [0.2, 0.25) is 0 Å². The zero-order valence-corrected chi connectivity index (χ0v) is 12.5. The molecule has 5 nitrogen and oxygen atoms in total. The van der Waals surface area contributed by atoms with Crippen LogP contribution in [0.4, 0.5) is 4.79 Å². The van der Waals surface area contributed by atoms with Gasteiger partial charge in [-0.15, -0.1) is 0 Å². The molecule has 1 saturated heterocycles. The van der Waals surface area contributed by atoms with Crippen LogP contribution in [0.2, 0.25) is 0 Å². The zero-order valence-electron chi connectivity index (χ0n) is 12.5. The molecule has 1 heterocycles. The minimum Gasteiger partial charge on any atom is -0.481 e. The molecule has 1 atom stereocenters. The number of rotatable bonds is 4. The maximum absolute atomic E-state index is 12.2. The Bertz CT molecular complexity index is 336. The lowest BCUT2D eigenvalue weighted by Gasteiger charge is -2.30. The van der Waals surface area contributed by atoms with E-state index in [1.165, 1.54) is 0 Å². The lowest BCUT2D eigenvalue weighted by Crippen LogP contribution is -2.43. The summed E-state index contributed by atoms with van der Waals surface area (Å²) in [6, 6.07) is 0.0627. The van der Waals surface area contributed by atoms with Gasteiger partial charge < -0.3 is 14.9 Å². The largest absolute Gasteiger partial charge is 0.481 e. The van der Waals surface area contributed by atoms with Crippen molar-refractivity contribution in [3.05, 3.63) is 0 Å². The SMILES string of the molecule is CN(CC(C)(C)C)C(=O)N1CCC(CCC(=O)O)C1. The predicted octanol–water partition coefficient (Wildman–Crippen LogP) is 2.27. The van der Waals surface area contributed by atoms with Gasteiger partial charge in [0, 0.05) is 33.1 Å². The molecule has 0 aromatic carbocycles. The maximum atomic E-state index is 12.2. The number of carboxylic acid groups (broad SMARTS) is 1. The number of carboxylic acids is 1. The Balaban J connectivity index is 2.41. The Morgan fingerprint density at radius 1 is 1.37 bits per heavy atom. The van der Waals surface area contributed by atoms with E-state index in [0.29, 0.717) is 18.9 Å². The summed E-state index contributed by atoms with van der Waals surface area (Å²) in [5.41, 5.74) is 0.0901. The van der Waals surface area contributed by atoms with Crippen molar-refractivity contribution in [2.75, 3.05) is 26.7 Å². The molecule has 0 radical (unpaired) electrons. The zero-order chi connectivity index (χ0) is 14.6. The summed E-state index contributed by atoms with van der Waals surface area (Å²) in [5, 5.41) is 8.68. The van der Waals surface area contributed by atoms with Gasteiger partial charge in [-0.1, -0.05) is 20.8 Å². The summed E-state index contributed by atoms with van der Waals surface area (Å²) in [6.45, 7) is 8.49. The van der Waals surface area contributed by atoms with Crippen LogP contribution in [-0.2, 0) is 4.79 Å². The third-order valence-corrected chi connectivity index (χ3v) is 3.36. The molecular weight excluding hydrogens is 244 g/mol. The molecule has 0 aromatic heterocycles. The van der Waals surface area contributed by atoms with E-state index in [1.807, 2.05) is 11.9 Å². The number of carbonyl (C=O) groups excluding carboxylic acids is 1. The van der Waals surface area contributed by atoms with Gasteiger partial charge in [0.25, 0.3) is 0 Å². The highest BCUT2D eigenvalue weighted by Crippen LogP contribution is 2.23.